The molecule has 0 aliphatic rings. The Morgan fingerprint density at radius 1 is 1.38 bits per heavy atom. The van der Waals surface area contributed by atoms with E-state index >= 15 is 0 Å². The first-order valence-corrected chi connectivity index (χ1v) is 6.49. The van der Waals surface area contributed by atoms with Gasteiger partial charge in [0.1, 0.15) is 0 Å². The van der Waals surface area contributed by atoms with E-state index in [0.717, 1.165) is 17.3 Å². The molecule has 1 rings (SSSR count). The summed E-state index contributed by atoms with van der Waals surface area (Å²) in [7, 11) is 0. The van der Waals surface area contributed by atoms with Gasteiger partial charge in [-0.3, -0.25) is 4.79 Å². The fraction of sp³-hybridized carbons (Fsp3) is 0.462. The first-order valence-electron chi connectivity index (χ1n) is 5.70. The number of carbonyl (C=O) groups excluding carboxylic acids is 1. The standard InChI is InChI=1S/C13H18BrNO/c1-3-4-5-10(2)15-13(16)11-6-8-12(14)9-7-11/h6-10H,3-5H2,1-2H3,(H,15,16). The van der Waals surface area contributed by atoms with Gasteiger partial charge in [-0.1, -0.05) is 35.7 Å². The molecule has 1 aromatic carbocycles. The molecule has 0 spiro atoms. The number of benzene rings is 1. The molecule has 3 heteroatoms. The Kier molecular flexibility index (Phi) is 5.53. The number of amides is 1. The van der Waals surface area contributed by atoms with E-state index in [1.54, 1.807) is 0 Å². The summed E-state index contributed by atoms with van der Waals surface area (Å²) in [6, 6.07) is 7.66. The second kappa shape index (κ2) is 6.69. The summed E-state index contributed by atoms with van der Waals surface area (Å²) in [5, 5.41) is 3.00. The topological polar surface area (TPSA) is 29.1 Å². The van der Waals surface area contributed by atoms with Gasteiger partial charge in [0.25, 0.3) is 5.91 Å². The van der Waals surface area contributed by atoms with Gasteiger partial charge in [0, 0.05) is 16.1 Å². The highest BCUT2D eigenvalue weighted by Crippen LogP contribution is 2.10. The Labute approximate surface area is 106 Å². The number of rotatable bonds is 5. The van der Waals surface area contributed by atoms with Crippen molar-refractivity contribution < 1.29 is 4.79 Å². The third-order valence-corrected chi connectivity index (χ3v) is 3.00. The molecule has 0 aliphatic carbocycles. The van der Waals surface area contributed by atoms with Gasteiger partial charge in [-0.05, 0) is 37.6 Å². The van der Waals surface area contributed by atoms with Crippen molar-refractivity contribution in [2.45, 2.75) is 39.2 Å². The molecule has 0 saturated heterocycles. The van der Waals surface area contributed by atoms with E-state index in [4.69, 9.17) is 0 Å². The van der Waals surface area contributed by atoms with Crippen LogP contribution in [0.4, 0.5) is 0 Å². The molecule has 0 aliphatic heterocycles. The van der Waals surface area contributed by atoms with Crippen LogP contribution in [0.15, 0.2) is 28.7 Å². The summed E-state index contributed by atoms with van der Waals surface area (Å²) >= 11 is 3.35. The highest BCUT2D eigenvalue weighted by atomic mass is 79.9. The van der Waals surface area contributed by atoms with Crippen molar-refractivity contribution in [2.75, 3.05) is 0 Å². The van der Waals surface area contributed by atoms with Crippen molar-refractivity contribution in [1.82, 2.24) is 5.32 Å². The number of hydrogen-bond donors (Lipinski definition) is 1. The minimum absolute atomic E-state index is 0.0103. The first-order chi connectivity index (χ1) is 7.63. The molecular formula is C13H18BrNO. The van der Waals surface area contributed by atoms with Gasteiger partial charge >= 0.3 is 0 Å². The van der Waals surface area contributed by atoms with Crippen LogP contribution in [0.25, 0.3) is 0 Å². The summed E-state index contributed by atoms with van der Waals surface area (Å²) in [4.78, 5) is 11.8. The molecule has 1 amide bonds. The Morgan fingerprint density at radius 3 is 2.56 bits per heavy atom. The molecule has 0 radical (unpaired) electrons. The van der Waals surface area contributed by atoms with Crippen molar-refractivity contribution in [1.29, 1.82) is 0 Å². The van der Waals surface area contributed by atoms with Crippen molar-refractivity contribution in [3.8, 4) is 0 Å². The fourth-order valence-corrected chi connectivity index (χ4v) is 1.76. The van der Waals surface area contributed by atoms with Gasteiger partial charge in [0.2, 0.25) is 0 Å². The molecular weight excluding hydrogens is 266 g/mol. The molecule has 1 atom stereocenters. The summed E-state index contributed by atoms with van der Waals surface area (Å²) in [5.74, 6) is 0.0103. The third-order valence-electron chi connectivity index (χ3n) is 2.47. The fourth-order valence-electron chi connectivity index (χ4n) is 1.49. The van der Waals surface area contributed by atoms with Gasteiger partial charge in [-0.25, -0.2) is 0 Å². The van der Waals surface area contributed by atoms with Crippen molar-refractivity contribution >= 4 is 21.8 Å². The molecule has 1 N–H and O–H groups in total. The Morgan fingerprint density at radius 2 is 2.00 bits per heavy atom. The Hall–Kier alpha value is -0.830. The Bertz CT molecular complexity index is 334. The maximum atomic E-state index is 11.8. The monoisotopic (exact) mass is 283 g/mol. The molecule has 16 heavy (non-hydrogen) atoms. The second-order valence-electron chi connectivity index (χ2n) is 4.02. The quantitative estimate of drug-likeness (QED) is 0.876. The van der Waals surface area contributed by atoms with Crippen LogP contribution in [0.3, 0.4) is 0 Å². The zero-order valence-corrected chi connectivity index (χ0v) is 11.4. The number of hydrogen-bond acceptors (Lipinski definition) is 1. The lowest BCUT2D eigenvalue weighted by atomic mass is 10.1. The summed E-state index contributed by atoms with van der Waals surface area (Å²) < 4.78 is 0.989. The minimum Gasteiger partial charge on any atom is -0.350 e. The first kappa shape index (κ1) is 13.2. The molecule has 0 fully saturated rings. The summed E-state index contributed by atoms with van der Waals surface area (Å²) in [6.45, 7) is 4.20. The molecule has 0 bridgehead atoms. The van der Waals surface area contributed by atoms with Crippen LogP contribution in [0, 0.1) is 0 Å². The summed E-state index contributed by atoms with van der Waals surface area (Å²) in [5.41, 5.74) is 0.714. The van der Waals surface area contributed by atoms with Gasteiger partial charge < -0.3 is 5.32 Å². The zero-order chi connectivity index (χ0) is 12.0. The molecule has 88 valence electrons. The maximum absolute atomic E-state index is 11.8. The van der Waals surface area contributed by atoms with E-state index in [9.17, 15) is 4.79 Å². The Balaban J connectivity index is 2.48. The van der Waals surface area contributed by atoms with Crippen LogP contribution in [-0.4, -0.2) is 11.9 Å². The average Bonchev–Trinajstić information content (AvgIpc) is 2.27. The normalized spacial score (nSPS) is 12.2. The SMILES string of the molecule is CCCCC(C)NC(=O)c1ccc(Br)cc1. The number of halogens is 1. The molecule has 0 aromatic heterocycles. The van der Waals surface area contributed by atoms with Crippen LogP contribution in [0.1, 0.15) is 43.5 Å². The van der Waals surface area contributed by atoms with Crippen molar-refractivity contribution in [2.24, 2.45) is 0 Å². The lowest BCUT2D eigenvalue weighted by Crippen LogP contribution is -2.32. The van der Waals surface area contributed by atoms with Gasteiger partial charge in [-0.15, -0.1) is 0 Å². The minimum atomic E-state index is 0.0103. The smallest absolute Gasteiger partial charge is 0.251 e. The number of unbranched alkanes of at least 4 members (excludes halogenated alkanes) is 1. The molecule has 1 aromatic rings. The van der Waals surface area contributed by atoms with E-state index in [0.29, 0.717) is 5.56 Å². The molecule has 0 saturated carbocycles. The lowest BCUT2D eigenvalue weighted by molar-refractivity contribution is 0.0938. The number of carbonyl (C=O) groups is 1. The van der Waals surface area contributed by atoms with E-state index in [-0.39, 0.29) is 11.9 Å². The van der Waals surface area contributed by atoms with Gasteiger partial charge in [-0.2, -0.15) is 0 Å². The molecule has 1 unspecified atom stereocenters. The third kappa shape index (κ3) is 4.35. The van der Waals surface area contributed by atoms with Gasteiger partial charge in [0.05, 0.1) is 0 Å². The number of nitrogens with one attached hydrogen (secondary N) is 1. The van der Waals surface area contributed by atoms with Crippen LogP contribution in [-0.2, 0) is 0 Å². The van der Waals surface area contributed by atoms with Crippen molar-refractivity contribution in [3.05, 3.63) is 34.3 Å². The van der Waals surface area contributed by atoms with E-state index < -0.39 is 0 Å². The maximum Gasteiger partial charge on any atom is 0.251 e. The zero-order valence-electron chi connectivity index (χ0n) is 9.79. The molecule has 0 heterocycles. The van der Waals surface area contributed by atoms with E-state index in [1.165, 1.54) is 6.42 Å². The van der Waals surface area contributed by atoms with Crippen molar-refractivity contribution in [3.63, 3.8) is 0 Å². The van der Waals surface area contributed by atoms with Crippen LogP contribution < -0.4 is 5.32 Å². The predicted molar refractivity (Wildman–Crippen MR) is 70.6 cm³/mol. The van der Waals surface area contributed by atoms with Crippen LogP contribution in [0.2, 0.25) is 0 Å². The predicted octanol–water partition coefficient (Wildman–Crippen LogP) is 3.76. The average molecular weight is 284 g/mol. The largest absolute Gasteiger partial charge is 0.350 e. The highest BCUT2D eigenvalue weighted by Gasteiger charge is 2.08. The lowest BCUT2D eigenvalue weighted by Gasteiger charge is -2.13. The van der Waals surface area contributed by atoms with E-state index in [1.807, 2.05) is 31.2 Å². The highest BCUT2D eigenvalue weighted by molar-refractivity contribution is 9.10. The second-order valence-corrected chi connectivity index (χ2v) is 4.94. The van der Waals surface area contributed by atoms with Crippen LogP contribution >= 0.6 is 15.9 Å². The van der Waals surface area contributed by atoms with E-state index in [2.05, 4.69) is 28.2 Å². The van der Waals surface area contributed by atoms with Crippen LogP contribution in [0.5, 0.6) is 0 Å². The van der Waals surface area contributed by atoms with Gasteiger partial charge in [0.15, 0.2) is 0 Å². The molecule has 2 nitrogen and oxygen atoms in total. The summed E-state index contributed by atoms with van der Waals surface area (Å²) in [6.07, 6.45) is 3.36.